The van der Waals surface area contributed by atoms with Gasteiger partial charge in [0, 0.05) is 25.4 Å². The van der Waals surface area contributed by atoms with E-state index < -0.39 is 11.7 Å². The largest absolute Gasteiger partial charge is 0.444 e. The molecule has 1 N–H and O–H groups in total. The first-order valence-corrected chi connectivity index (χ1v) is 7.99. The number of ether oxygens (including phenoxy) is 1. The molecule has 0 aromatic heterocycles. The van der Waals surface area contributed by atoms with Crippen molar-refractivity contribution in [3.8, 4) is 0 Å². The first kappa shape index (κ1) is 19.6. The Bertz CT molecular complexity index is 354. The van der Waals surface area contributed by atoms with Gasteiger partial charge < -0.3 is 15.0 Å². The van der Waals surface area contributed by atoms with Crippen LogP contribution in [0.3, 0.4) is 0 Å². The van der Waals surface area contributed by atoms with Gasteiger partial charge >= 0.3 is 6.09 Å². The lowest BCUT2D eigenvalue weighted by Gasteiger charge is -2.20. The van der Waals surface area contributed by atoms with Crippen molar-refractivity contribution in [1.82, 2.24) is 10.2 Å². The molecule has 0 spiro atoms. The Morgan fingerprint density at radius 3 is 2.29 bits per heavy atom. The minimum atomic E-state index is -0.497. The zero-order valence-electron chi connectivity index (χ0n) is 13.2. The summed E-state index contributed by atoms with van der Waals surface area (Å²) in [7, 11) is 0. The van der Waals surface area contributed by atoms with Gasteiger partial charge in [-0.1, -0.05) is 12.2 Å². The quantitative estimate of drug-likeness (QED) is 0.524. The van der Waals surface area contributed by atoms with Gasteiger partial charge in [0.2, 0.25) is 5.91 Å². The number of amides is 2. The zero-order valence-corrected chi connectivity index (χ0v) is 14.0. The highest BCUT2D eigenvalue weighted by Crippen LogP contribution is 2.07. The Balaban J connectivity index is 3.83. The number of carbonyl (C=O) groups is 2. The maximum absolute atomic E-state index is 11.9. The molecule has 0 radical (unpaired) electrons. The van der Waals surface area contributed by atoms with Crippen LogP contribution in [0.5, 0.6) is 0 Å². The first-order chi connectivity index (χ1) is 9.80. The lowest BCUT2D eigenvalue weighted by molar-refractivity contribution is -0.127. The van der Waals surface area contributed by atoms with Crippen LogP contribution in [0.25, 0.3) is 0 Å². The second kappa shape index (κ2) is 10.3. The predicted octanol–water partition coefficient (Wildman–Crippen LogP) is 2.44. The smallest absolute Gasteiger partial charge is 0.407 e. The number of thioether (sulfide) groups is 1. The van der Waals surface area contributed by atoms with Gasteiger partial charge in [0.1, 0.15) is 5.60 Å². The van der Waals surface area contributed by atoms with E-state index in [9.17, 15) is 9.59 Å². The average Bonchev–Trinajstić information content (AvgIpc) is 2.35. The average molecular weight is 314 g/mol. The van der Waals surface area contributed by atoms with Crippen molar-refractivity contribution in [3.05, 3.63) is 25.3 Å². The number of nitrogens with zero attached hydrogens (tertiary/aromatic N) is 1. The maximum atomic E-state index is 11.9. The molecule has 0 aliphatic carbocycles. The highest BCUT2D eigenvalue weighted by atomic mass is 32.2. The number of alkyl carbamates (subject to hydrolysis) is 1. The molecule has 0 heterocycles. The van der Waals surface area contributed by atoms with Crippen LogP contribution in [0, 0.1) is 0 Å². The number of hydrogen-bond donors (Lipinski definition) is 1. The van der Waals surface area contributed by atoms with Gasteiger partial charge in [0.15, 0.2) is 0 Å². The highest BCUT2D eigenvalue weighted by molar-refractivity contribution is 7.99. The van der Waals surface area contributed by atoms with E-state index in [0.717, 1.165) is 0 Å². The molecule has 21 heavy (non-hydrogen) atoms. The Kier molecular flexibility index (Phi) is 9.62. The molecule has 0 bridgehead atoms. The lowest BCUT2D eigenvalue weighted by atomic mass is 10.2. The third-order valence-electron chi connectivity index (χ3n) is 2.19. The molecule has 0 atom stereocenters. The van der Waals surface area contributed by atoms with Gasteiger partial charge in [-0.05, 0) is 20.8 Å². The Morgan fingerprint density at radius 2 is 1.81 bits per heavy atom. The highest BCUT2D eigenvalue weighted by Gasteiger charge is 2.15. The molecule has 0 rings (SSSR count). The Morgan fingerprint density at radius 1 is 1.24 bits per heavy atom. The summed E-state index contributed by atoms with van der Waals surface area (Å²) >= 11 is 1.47. The fourth-order valence-electron chi connectivity index (χ4n) is 1.38. The van der Waals surface area contributed by atoms with E-state index in [1.807, 2.05) is 20.8 Å². The van der Waals surface area contributed by atoms with Crippen molar-refractivity contribution in [2.45, 2.75) is 26.4 Å². The minimum absolute atomic E-state index is 0.0390. The van der Waals surface area contributed by atoms with Gasteiger partial charge in [-0.3, -0.25) is 4.79 Å². The fraction of sp³-hybridized carbons (Fsp3) is 0.600. The van der Waals surface area contributed by atoms with Gasteiger partial charge in [0.05, 0.1) is 5.75 Å². The molecule has 0 unspecified atom stereocenters. The van der Waals surface area contributed by atoms with Gasteiger partial charge in [-0.25, -0.2) is 4.79 Å². The van der Waals surface area contributed by atoms with E-state index in [1.165, 1.54) is 11.8 Å². The van der Waals surface area contributed by atoms with Crippen LogP contribution in [-0.2, 0) is 9.53 Å². The summed E-state index contributed by atoms with van der Waals surface area (Å²) in [4.78, 5) is 25.0. The number of hydrogen-bond acceptors (Lipinski definition) is 4. The zero-order chi connectivity index (χ0) is 16.3. The van der Waals surface area contributed by atoms with Crippen LogP contribution in [-0.4, -0.2) is 53.6 Å². The monoisotopic (exact) mass is 314 g/mol. The number of rotatable bonds is 9. The van der Waals surface area contributed by atoms with Crippen LogP contribution in [0.1, 0.15) is 20.8 Å². The van der Waals surface area contributed by atoms with Crippen LogP contribution in [0.15, 0.2) is 25.3 Å². The summed E-state index contributed by atoms with van der Waals surface area (Å²) in [6.07, 6.45) is 2.95. The van der Waals surface area contributed by atoms with Gasteiger partial charge in [-0.2, -0.15) is 11.8 Å². The molecule has 120 valence electrons. The molecule has 0 saturated heterocycles. The molecular formula is C15H26N2O3S. The van der Waals surface area contributed by atoms with E-state index in [4.69, 9.17) is 4.74 Å². The van der Waals surface area contributed by atoms with Crippen LogP contribution < -0.4 is 5.32 Å². The van der Waals surface area contributed by atoms with E-state index in [0.29, 0.717) is 31.1 Å². The molecule has 0 aliphatic rings. The second-order valence-corrected chi connectivity index (χ2v) is 6.46. The van der Waals surface area contributed by atoms with Crippen molar-refractivity contribution in [1.29, 1.82) is 0 Å². The maximum Gasteiger partial charge on any atom is 0.407 e. The standard InChI is InChI=1S/C15H26N2O3S/c1-6-9-17(10-7-2)13(18)12-21-11-8-16-14(19)20-15(3,4)5/h6-7H,1-2,8-12H2,3-5H3,(H,16,19). The summed E-state index contributed by atoms with van der Waals surface area (Å²) in [6.45, 7) is 14.2. The molecule has 5 nitrogen and oxygen atoms in total. The van der Waals surface area contributed by atoms with E-state index in [2.05, 4.69) is 18.5 Å². The summed E-state index contributed by atoms with van der Waals surface area (Å²) in [6, 6.07) is 0. The summed E-state index contributed by atoms with van der Waals surface area (Å²) in [5.74, 6) is 1.07. The summed E-state index contributed by atoms with van der Waals surface area (Å²) in [5.41, 5.74) is -0.497. The second-order valence-electron chi connectivity index (χ2n) is 5.36. The van der Waals surface area contributed by atoms with Crippen molar-refractivity contribution in [2.75, 3.05) is 31.1 Å². The molecule has 0 aromatic rings. The fourth-order valence-corrected chi connectivity index (χ4v) is 2.13. The molecule has 0 fully saturated rings. The van der Waals surface area contributed by atoms with Crippen molar-refractivity contribution in [3.63, 3.8) is 0 Å². The van der Waals surface area contributed by atoms with Crippen LogP contribution in [0.2, 0.25) is 0 Å². The normalized spacial score (nSPS) is 10.6. The topological polar surface area (TPSA) is 58.6 Å². The number of carbonyl (C=O) groups excluding carboxylic acids is 2. The van der Waals surface area contributed by atoms with E-state index in [-0.39, 0.29) is 5.91 Å². The SMILES string of the molecule is C=CCN(CC=C)C(=O)CSCCNC(=O)OC(C)(C)C. The predicted molar refractivity (Wildman–Crippen MR) is 88.5 cm³/mol. The van der Waals surface area contributed by atoms with Gasteiger partial charge in [0.25, 0.3) is 0 Å². The van der Waals surface area contributed by atoms with E-state index >= 15 is 0 Å². The van der Waals surface area contributed by atoms with Crippen molar-refractivity contribution < 1.29 is 14.3 Å². The molecular weight excluding hydrogens is 288 g/mol. The molecule has 0 aromatic carbocycles. The van der Waals surface area contributed by atoms with E-state index in [1.54, 1.807) is 17.1 Å². The molecule has 2 amide bonds. The van der Waals surface area contributed by atoms with Crippen molar-refractivity contribution in [2.24, 2.45) is 0 Å². The third kappa shape index (κ3) is 11.0. The number of nitrogens with one attached hydrogen (secondary N) is 1. The molecule has 0 saturated carbocycles. The summed E-state index contributed by atoms with van der Waals surface area (Å²) in [5, 5.41) is 2.65. The third-order valence-corrected chi connectivity index (χ3v) is 3.14. The Labute approximate surface area is 131 Å². The Hall–Kier alpha value is -1.43. The van der Waals surface area contributed by atoms with Crippen LogP contribution >= 0.6 is 11.8 Å². The first-order valence-electron chi connectivity index (χ1n) is 6.84. The summed E-state index contributed by atoms with van der Waals surface area (Å²) < 4.78 is 5.11. The molecule has 6 heteroatoms. The van der Waals surface area contributed by atoms with Gasteiger partial charge in [-0.15, -0.1) is 13.2 Å². The van der Waals surface area contributed by atoms with Crippen LogP contribution in [0.4, 0.5) is 4.79 Å². The molecule has 0 aliphatic heterocycles. The van der Waals surface area contributed by atoms with Crippen molar-refractivity contribution >= 4 is 23.8 Å². The minimum Gasteiger partial charge on any atom is -0.444 e. The lowest BCUT2D eigenvalue weighted by Crippen LogP contribution is -2.34.